The number of allylic oxidation sites excluding steroid dienone is 1. The van der Waals surface area contributed by atoms with Crippen LogP contribution >= 0.6 is 15.9 Å². The van der Waals surface area contributed by atoms with E-state index >= 15 is 0 Å². The summed E-state index contributed by atoms with van der Waals surface area (Å²) < 4.78 is 51.0. The zero-order valence-corrected chi connectivity index (χ0v) is 16.6. The van der Waals surface area contributed by atoms with Crippen LogP contribution in [0.25, 0.3) is 0 Å². The molecule has 0 amide bonds. The third-order valence-corrected chi connectivity index (χ3v) is 4.72. The zero-order chi connectivity index (χ0) is 21.6. The lowest BCUT2D eigenvalue weighted by Crippen LogP contribution is -2.42. The number of halogens is 4. The maximum absolute atomic E-state index is 12.6. The maximum atomic E-state index is 12.6. The number of anilines is 1. The van der Waals surface area contributed by atoms with Crippen LogP contribution in [-0.4, -0.2) is 35.1 Å². The summed E-state index contributed by atoms with van der Waals surface area (Å²) in [6.45, 7) is 2.84. The lowest BCUT2D eigenvalue weighted by molar-refractivity contribution is -0.274. The number of hydrogen-bond acceptors (Lipinski definition) is 7. The number of Topliss-reactive ketones (excluding diaryl/α,β-unsaturated/α-hetero) is 1. The van der Waals surface area contributed by atoms with Crippen molar-refractivity contribution in [3.05, 3.63) is 46.3 Å². The Morgan fingerprint density at radius 1 is 1.17 bits per heavy atom. The highest BCUT2D eigenvalue weighted by molar-refractivity contribution is 9.12. The molecular weight excluding hydrogens is 463 g/mol. The monoisotopic (exact) mass is 477 g/mol. The van der Waals surface area contributed by atoms with Gasteiger partial charge in [-0.1, -0.05) is 0 Å². The molecule has 156 valence electrons. The molecule has 2 atom stereocenters. The second-order valence-corrected chi connectivity index (χ2v) is 7.56. The van der Waals surface area contributed by atoms with Gasteiger partial charge in [0.05, 0.1) is 16.4 Å². The molecule has 1 aliphatic carbocycles. The van der Waals surface area contributed by atoms with Crippen LogP contribution in [0.1, 0.15) is 13.8 Å². The number of ether oxygens (including phenoxy) is 3. The number of aliphatic hydroxyl groups is 1. The molecule has 2 aliphatic rings. The number of aliphatic hydroxyl groups excluding tert-OH is 1. The molecule has 11 heteroatoms. The van der Waals surface area contributed by atoms with Gasteiger partial charge in [0.25, 0.3) is 11.7 Å². The van der Waals surface area contributed by atoms with E-state index in [1.807, 2.05) is 0 Å². The van der Waals surface area contributed by atoms with Gasteiger partial charge in [-0.15, -0.1) is 13.2 Å². The minimum Gasteiger partial charge on any atom is -0.480 e. The molecule has 1 heterocycles. The van der Waals surface area contributed by atoms with Crippen LogP contribution in [0.3, 0.4) is 0 Å². The first kappa shape index (κ1) is 21.0. The van der Waals surface area contributed by atoms with Crippen molar-refractivity contribution >= 4 is 33.4 Å². The van der Waals surface area contributed by atoms with Crippen LogP contribution in [0, 0.1) is 5.92 Å². The molecule has 1 aromatic rings. The Hall–Kier alpha value is -2.69. The van der Waals surface area contributed by atoms with E-state index in [9.17, 15) is 27.9 Å². The van der Waals surface area contributed by atoms with Crippen molar-refractivity contribution in [1.82, 2.24) is 0 Å². The van der Waals surface area contributed by atoms with Crippen molar-refractivity contribution < 1.29 is 42.1 Å². The van der Waals surface area contributed by atoms with Gasteiger partial charge in [0.1, 0.15) is 11.3 Å². The summed E-state index contributed by atoms with van der Waals surface area (Å²) in [4.78, 5) is 24.9. The lowest BCUT2D eigenvalue weighted by atomic mass is 9.91. The van der Waals surface area contributed by atoms with Crippen molar-refractivity contribution in [3.63, 3.8) is 0 Å². The number of esters is 1. The fourth-order valence-electron chi connectivity index (χ4n) is 2.96. The first-order valence-corrected chi connectivity index (χ1v) is 9.05. The quantitative estimate of drug-likeness (QED) is 0.634. The maximum Gasteiger partial charge on any atom is 0.573 e. The molecule has 0 spiro atoms. The Labute approximate surface area is 171 Å². The molecule has 0 saturated carbocycles. The molecule has 1 aliphatic heterocycles. The van der Waals surface area contributed by atoms with E-state index in [0.717, 1.165) is 12.1 Å². The van der Waals surface area contributed by atoms with Gasteiger partial charge in [0, 0.05) is 19.5 Å². The Kier molecular flexibility index (Phi) is 5.28. The molecule has 3 rings (SSSR count). The van der Waals surface area contributed by atoms with Gasteiger partial charge in [-0.3, -0.25) is 4.79 Å². The molecule has 29 heavy (non-hydrogen) atoms. The van der Waals surface area contributed by atoms with Crippen molar-refractivity contribution in [1.29, 1.82) is 0 Å². The van der Waals surface area contributed by atoms with Crippen LogP contribution in [0.2, 0.25) is 0 Å². The van der Waals surface area contributed by atoms with Crippen molar-refractivity contribution in [3.8, 4) is 5.75 Å². The highest BCUT2D eigenvalue weighted by Gasteiger charge is 2.47. The highest BCUT2D eigenvalue weighted by Crippen LogP contribution is 2.38. The third kappa shape index (κ3) is 4.66. The fraction of sp³-hybridized carbons (Fsp3) is 0.333. The number of rotatable bonds is 4. The number of alkyl halides is 3. The van der Waals surface area contributed by atoms with Crippen LogP contribution in [0.15, 0.2) is 46.3 Å². The summed E-state index contributed by atoms with van der Waals surface area (Å²) >= 11 is 3.10. The molecule has 1 aromatic carbocycles. The predicted molar refractivity (Wildman–Crippen MR) is 97.0 cm³/mol. The van der Waals surface area contributed by atoms with Crippen LogP contribution < -0.4 is 10.1 Å². The number of carbonyl (C=O) groups excluding carboxylic acids is 2. The van der Waals surface area contributed by atoms with Crippen molar-refractivity contribution in [2.75, 3.05) is 5.32 Å². The molecule has 0 saturated heterocycles. The van der Waals surface area contributed by atoms with E-state index in [-0.39, 0.29) is 10.1 Å². The largest absolute Gasteiger partial charge is 0.573 e. The predicted octanol–water partition coefficient (Wildman–Crippen LogP) is 3.92. The molecule has 0 fully saturated rings. The topological polar surface area (TPSA) is 94.1 Å². The smallest absolute Gasteiger partial charge is 0.480 e. The minimum absolute atomic E-state index is 0.162. The fourth-order valence-corrected chi connectivity index (χ4v) is 3.49. The second-order valence-electron chi connectivity index (χ2n) is 6.71. The van der Waals surface area contributed by atoms with Gasteiger partial charge in [0.15, 0.2) is 5.78 Å². The molecule has 0 radical (unpaired) electrons. The third-order valence-electron chi connectivity index (χ3n) is 4.07. The molecule has 2 N–H and O–H groups in total. The standard InChI is InChI=1S/C18H15BrF3NO6/c1-17(2)28-15(25)13(16(26)29-17)12-11(7-10(19)14(12)24)23-8-3-5-9(6-4-8)27-18(20,21)22/h3-7,11-12,23,25H,1-2H3/t11-,12-/m0/s1. The van der Waals surface area contributed by atoms with E-state index in [2.05, 4.69) is 26.0 Å². The molecule has 7 nitrogen and oxygen atoms in total. The van der Waals surface area contributed by atoms with Crippen LogP contribution in [-0.2, 0) is 19.1 Å². The lowest BCUT2D eigenvalue weighted by Gasteiger charge is -2.33. The number of benzene rings is 1. The van der Waals surface area contributed by atoms with Gasteiger partial charge in [-0.05, 0) is 46.3 Å². The number of cyclic esters (lactones) is 1. The van der Waals surface area contributed by atoms with Crippen LogP contribution in [0.5, 0.6) is 5.75 Å². The van der Waals surface area contributed by atoms with Crippen molar-refractivity contribution in [2.24, 2.45) is 5.92 Å². The first-order valence-electron chi connectivity index (χ1n) is 8.26. The average Bonchev–Trinajstić information content (AvgIpc) is 2.81. The first-order chi connectivity index (χ1) is 13.4. The molecular formula is C18H15BrF3NO6. The second kappa shape index (κ2) is 7.29. The van der Waals surface area contributed by atoms with Gasteiger partial charge in [-0.25, -0.2) is 4.79 Å². The Bertz CT molecular complexity index is 907. The summed E-state index contributed by atoms with van der Waals surface area (Å²) in [5, 5.41) is 13.1. The van der Waals surface area contributed by atoms with E-state index in [1.165, 1.54) is 32.1 Å². The Balaban J connectivity index is 1.85. The van der Waals surface area contributed by atoms with Crippen LogP contribution in [0.4, 0.5) is 18.9 Å². The summed E-state index contributed by atoms with van der Waals surface area (Å²) in [6, 6.07) is 4.02. The molecule has 0 bridgehead atoms. The number of nitrogens with one attached hydrogen (secondary N) is 1. The van der Waals surface area contributed by atoms with Gasteiger partial charge < -0.3 is 24.6 Å². The summed E-state index contributed by atoms with van der Waals surface area (Å²) in [7, 11) is 0. The minimum atomic E-state index is -4.81. The van der Waals surface area contributed by atoms with E-state index in [4.69, 9.17) is 9.47 Å². The number of ketones is 1. The SMILES string of the molecule is CC1(C)OC(=O)C([C@H]2C(=O)C(Br)=C[C@@H]2Nc2ccc(OC(F)(F)F)cc2)=C(O)O1. The summed E-state index contributed by atoms with van der Waals surface area (Å²) in [5.74, 6) is -5.10. The zero-order valence-electron chi connectivity index (χ0n) is 15.0. The van der Waals surface area contributed by atoms with Crippen molar-refractivity contribution in [2.45, 2.75) is 32.0 Å². The summed E-state index contributed by atoms with van der Waals surface area (Å²) in [6.07, 6.45) is -3.34. The number of carbonyl (C=O) groups is 2. The van der Waals surface area contributed by atoms with E-state index in [0.29, 0.717) is 5.69 Å². The Morgan fingerprint density at radius 3 is 2.34 bits per heavy atom. The molecule has 0 unspecified atom stereocenters. The normalized spacial score (nSPS) is 24.0. The highest BCUT2D eigenvalue weighted by atomic mass is 79.9. The molecule has 0 aromatic heterocycles. The van der Waals surface area contributed by atoms with Gasteiger partial charge in [-0.2, -0.15) is 0 Å². The van der Waals surface area contributed by atoms with E-state index in [1.54, 1.807) is 0 Å². The Morgan fingerprint density at radius 2 is 1.79 bits per heavy atom. The van der Waals surface area contributed by atoms with E-state index < -0.39 is 47.6 Å². The summed E-state index contributed by atoms with van der Waals surface area (Å²) in [5.41, 5.74) is 0.000777. The van der Waals surface area contributed by atoms with Gasteiger partial charge in [0.2, 0.25) is 0 Å². The number of hydrogen-bond donors (Lipinski definition) is 2. The van der Waals surface area contributed by atoms with Gasteiger partial charge >= 0.3 is 12.3 Å². The average molecular weight is 478 g/mol.